The zero-order chi connectivity index (χ0) is 19.6. The second-order valence-corrected chi connectivity index (χ2v) is 8.09. The van der Waals surface area contributed by atoms with Crippen molar-refractivity contribution in [3.05, 3.63) is 12.7 Å². The van der Waals surface area contributed by atoms with Crippen LogP contribution >= 0.6 is 0 Å². The molecule has 158 valence electrons. The van der Waals surface area contributed by atoms with E-state index in [-0.39, 0.29) is 0 Å². The van der Waals surface area contributed by atoms with Crippen LogP contribution in [0.2, 0.25) is 0 Å². The molecule has 0 unspecified atom stereocenters. The monoisotopic (exact) mass is 366 g/mol. The van der Waals surface area contributed by atoms with E-state index in [0.29, 0.717) is 0 Å². The van der Waals surface area contributed by atoms with Gasteiger partial charge in [0.2, 0.25) is 0 Å². The van der Waals surface area contributed by atoms with Crippen LogP contribution in [0.3, 0.4) is 0 Å². The van der Waals surface area contributed by atoms with Crippen LogP contribution in [0.4, 0.5) is 0 Å². The molecule has 0 aromatic heterocycles. The van der Waals surface area contributed by atoms with Crippen molar-refractivity contribution in [2.75, 3.05) is 0 Å². The van der Waals surface area contributed by atoms with Gasteiger partial charge in [0, 0.05) is 0 Å². The molecule has 0 spiro atoms. The minimum Gasteiger partial charge on any atom is -0.103 e. The van der Waals surface area contributed by atoms with E-state index in [4.69, 9.17) is 0 Å². The maximum Gasteiger partial charge on any atom is -0.0353 e. The first-order chi connectivity index (χ1) is 12.8. The second-order valence-electron chi connectivity index (χ2n) is 8.09. The second kappa shape index (κ2) is 29.5. The van der Waals surface area contributed by atoms with Crippen molar-refractivity contribution in [3.8, 4) is 0 Å². The van der Waals surface area contributed by atoms with Gasteiger partial charge >= 0.3 is 0 Å². The number of rotatable bonds is 20. The van der Waals surface area contributed by atoms with Crippen LogP contribution in [0.5, 0.6) is 0 Å². The highest BCUT2D eigenvalue weighted by Crippen LogP contribution is 2.11. The summed E-state index contributed by atoms with van der Waals surface area (Å²) in [4.78, 5) is 0. The van der Waals surface area contributed by atoms with Gasteiger partial charge in [0.1, 0.15) is 0 Å². The Labute approximate surface area is 168 Å². The molecule has 0 fully saturated rings. The molecule has 0 aromatic rings. The lowest BCUT2D eigenvalue weighted by Gasteiger charge is -2.01. The fourth-order valence-electron chi connectivity index (χ4n) is 3.34. The Morgan fingerprint density at radius 1 is 0.385 bits per heavy atom. The standard InChI is InChI=1S/C14H30.C12H24/c1-3-5-7-9-11-13-14-12-10-8-6-4-2;1-3-5-7-9-11-12-10-8-6-4-2/h3-14H2,1-2H3;3H,1,4-12H2,2H3. The van der Waals surface area contributed by atoms with Crippen LogP contribution in [0.1, 0.15) is 156 Å². The largest absolute Gasteiger partial charge is 0.103 e. The van der Waals surface area contributed by atoms with Crippen LogP contribution in [-0.4, -0.2) is 0 Å². The van der Waals surface area contributed by atoms with Crippen LogP contribution in [-0.2, 0) is 0 Å². The molecule has 0 N–H and O–H groups in total. The van der Waals surface area contributed by atoms with Gasteiger partial charge in [-0.15, -0.1) is 6.58 Å². The molecule has 0 radical (unpaired) electrons. The lowest BCUT2D eigenvalue weighted by Crippen LogP contribution is -1.81. The minimum atomic E-state index is 1.20. The summed E-state index contributed by atoms with van der Waals surface area (Å²) >= 11 is 0. The third-order valence-electron chi connectivity index (χ3n) is 5.22. The summed E-state index contributed by atoms with van der Waals surface area (Å²) in [6, 6.07) is 0. The quantitative estimate of drug-likeness (QED) is 0.148. The van der Waals surface area contributed by atoms with E-state index in [1.54, 1.807) is 0 Å². The van der Waals surface area contributed by atoms with Gasteiger partial charge in [0.15, 0.2) is 0 Å². The van der Waals surface area contributed by atoms with Crippen molar-refractivity contribution in [3.63, 3.8) is 0 Å². The lowest BCUT2D eigenvalue weighted by atomic mass is 10.1. The predicted molar refractivity (Wildman–Crippen MR) is 124 cm³/mol. The van der Waals surface area contributed by atoms with E-state index in [1.807, 2.05) is 6.08 Å². The van der Waals surface area contributed by atoms with Crippen molar-refractivity contribution in [2.45, 2.75) is 156 Å². The van der Waals surface area contributed by atoms with E-state index < -0.39 is 0 Å². The zero-order valence-electron chi connectivity index (χ0n) is 19.1. The fraction of sp³-hybridized carbons (Fsp3) is 0.923. The predicted octanol–water partition coefficient (Wildman–Crippen LogP) is 10.4. The Morgan fingerprint density at radius 2 is 0.615 bits per heavy atom. The van der Waals surface area contributed by atoms with Crippen molar-refractivity contribution >= 4 is 0 Å². The molecule has 0 aliphatic heterocycles. The van der Waals surface area contributed by atoms with Gasteiger partial charge < -0.3 is 0 Å². The Hall–Kier alpha value is -0.260. The maximum atomic E-state index is 3.72. The Bertz CT molecular complexity index is 206. The number of unbranched alkanes of at least 4 members (excludes halogenated alkanes) is 19. The summed E-state index contributed by atoms with van der Waals surface area (Å²) in [6.07, 6.45) is 31.9. The van der Waals surface area contributed by atoms with Crippen LogP contribution in [0.15, 0.2) is 12.7 Å². The van der Waals surface area contributed by atoms with Crippen molar-refractivity contribution < 1.29 is 0 Å². The van der Waals surface area contributed by atoms with E-state index in [0.717, 1.165) is 0 Å². The third-order valence-corrected chi connectivity index (χ3v) is 5.22. The Morgan fingerprint density at radius 3 is 0.846 bits per heavy atom. The molecule has 0 saturated heterocycles. The molecule has 0 rings (SSSR count). The average Bonchev–Trinajstić information content (AvgIpc) is 2.66. The van der Waals surface area contributed by atoms with Crippen LogP contribution in [0, 0.1) is 0 Å². The summed E-state index contributed by atoms with van der Waals surface area (Å²) in [7, 11) is 0. The summed E-state index contributed by atoms with van der Waals surface area (Å²) < 4.78 is 0. The summed E-state index contributed by atoms with van der Waals surface area (Å²) in [5.41, 5.74) is 0. The highest BCUT2D eigenvalue weighted by atomic mass is 14.0. The van der Waals surface area contributed by atoms with Crippen molar-refractivity contribution in [1.82, 2.24) is 0 Å². The number of allylic oxidation sites excluding steroid dienone is 1. The van der Waals surface area contributed by atoms with E-state index in [1.165, 1.54) is 135 Å². The van der Waals surface area contributed by atoms with Gasteiger partial charge in [-0.3, -0.25) is 0 Å². The molecule has 0 heterocycles. The average molecular weight is 367 g/mol. The van der Waals surface area contributed by atoms with Gasteiger partial charge in [-0.05, 0) is 12.8 Å². The molecule has 26 heavy (non-hydrogen) atoms. The Balaban J connectivity index is 0. The zero-order valence-corrected chi connectivity index (χ0v) is 19.1. The molecule has 0 nitrogen and oxygen atoms in total. The van der Waals surface area contributed by atoms with Gasteiger partial charge in [-0.2, -0.15) is 0 Å². The van der Waals surface area contributed by atoms with Crippen molar-refractivity contribution in [1.29, 1.82) is 0 Å². The summed E-state index contributed by atoms with van der Waals surface area (Å²) in [5, 5.41) is 0. The third kappa shape index (κ3) is 31.5. The van der Waals surface area contributed by atoms with Gasteiger partial charge in [0.25, 0.3) is 0 Å². The molecule has 0 atom stereocenters. The molecular weight excluding hydrogens is 312 g/mol. The smallest absolute Gasteiger partial charge is 0.0353 e. The van der Waals surface area contributed by atoms with Gasteiger partial charge in [0.05, 0.1) is 0 Å². The molecule has 0 bridgehead atoms. The SMILES string of the molecule is C=CCCCCCCCCCC.CCCCCCCCCCCCCC. The van der Waals surface area contributed by atoms with Crippen LogP contribution in [0.25, 0.3) is 0 Å². The van der Waals surface area contributed by atoms with E-state index in [2.05, 4.69) is 27.4 Å². The van der Waals surface area contributed by atoms with Gasteiger partial charge in [-0.25, -0.2) is 0 Å². The minimum absolute atomic E-state index is 1.20. The highest BCUT2D eigenvalue weighted by Gasteiger charge is 1.92. The first-order valence-electron chi connectivity index (χ1n) is 12.4. The van der Waals surface area contributed by atoms with E-state index in [9.17, 15) is 0 Å². The molecule has 0 amide bonds. The molecule has 0 aliphatic carbocycles. The van der Waals surface area contributed by atoms with E-state index >= 15 is 0 Å². The number of hydrogen-bond donors (Lipinski definition) is 0. The summed E-state index contributed by atoms with van der Waals surface area (Å²) in [5.74, 6) is 0. The first kappa shape index (κ1) is 28.0. The van der Waals surface area contributed by atoms with Crippen LogP contribution < -0.4 is 0 Å². The summed E-state index contributed by atoms with van der Waals surface area (Å²) in [6.45, 7) is 10.6. The maximum absolute atomic E-state index is 3.72. The Kier molecular flexibility index (Phi) is 31.7. The lowest BCUT2D eigenvalue weighted by molar-refractivity contribution is 0.548. The topological polar surface area (TPSA) is 0 Å². The number of hydrogen-bond acceptors (Lipinski definition) is 0. The molecule has 0 heteroatoms. The first-order valence-corrected chi connectivity index (χ1v) is 12.4. The van der Waals surface area contributed by atoms with Gasteiger partial charge in [-0.1, -0.05) is 149 Å². The van der Waals surface area contributed by atoms with Crippen molar-refractivity contribution in [2.24, 2.45) is 0 Å². The fourth-order valence-corrected chi connectivity index (χ4v) is 3.34. The molecule has 0 aromatic carbocycles. The normalized spacial score (nSPS) is 10.4. The highest BCUT2D eigenvalue weighted by molar-refractivity contribution is 4.65. The molecule has 0 aliphatic rings. The molecular formula is C26H54. The molecule has 0 saturated carbocycles.